The van der Waals surface area contributed by atoms with E-state index in [9.17, 15) is 14.4 Å². The normalized spacial score (nSPS) is 20.8. The van der Waals surface area contributed by atoms with Gasteiger partial charge in [0.05, 0.1) is 0 Å². The Kier molecular flexibility index (Phi) is 5.63. The monoisotopic (exact) mass is 421 g/mol. The fourth-order valence-electron chi connectivity index (χ4n) is 3.98. The van der Waals surface area contributed by atoms with Gasteiger partial charge in [0.25, 0.3) is 5.91 Å². The van der Waals surface area contributed by atoms with E-state index in [0.717, 1.165) is 34.9 Å². The molecule has 2 N–H and O–H groups in total. The molecule has 0 saturated carbocycles. The van der Waals surface area contributed by atoms with Gasteiger partial charge in [-0.2, -0.15) is 0 Å². The molecule has 1 unspecified atom stereocenters. The molecule has 162 valence electrons. The van der Waals surface area contributed by atoms with E-state index in [-0.39, 0.29) is 13.1 Å². The topological polar surface area (TPSA) is 94.6 Å². The Labute approximate surface area is 181 Å². The van der Waals surface area contributed by atoms with Gasteiger partial charge in [-0.25, -0.2) is 9.78 Å². The number of anilines is 1. The zero-order chi connectivity index (χ0) is 22.0. The molecule has 31 heavy (non-hydrogen) atoms. The number of hydrogen-bond donors (Lipinski definition) is 2. The Morgan fingerprint density at radius 3 is 2.48 bits per heavy atom. The van der Waals surface area contributed by atoms with Crippen molar-refractivity contribution in [3.63, 3.8) is 0 Å². The zero-order valence-corrected chi connectivity index (χ0v) is 17.9. The molecule has 2 fully saturated rings. The van der Waals surface area contributed by atoms with Crippen molar-refractivity contribution in [1.29, 1.82) is 0 Å². The van der Waals surface area contributed by atoms with Gasteiger partial charge in [0.2, 0.25) is 5.91 Å². The maximum Gasteiger partial charge on any atom is 0.325 e. The van der Waals surface area contributed by atoms with Crippen molar-refractivity contribution in [2.24, 2.45) is 0 Å². The fourth-order valence-corrected chi connectivity index (χ4v) is 3.98. The lowest BCUT2D eigenvalue weighted by atomic mass is 9.91. The summed E-state index contributed by atoms with van der Waals surface area (Å²) in [7, 11) is 0. The summed E-state index contributed by atoms with van der Waals surface area (Å²) in [6, 6.07) is 10.7. The number of rotatable bonds is 6. The van der Waals surface area contributed by atoms with Gasteiger partial charge in [-0.15, -0.1) is 0 Å². The van der Waals surface area contributed by atoms with Crippen molar-refractivity contribution in [2.75, 3.05) is 24.5 Å². The first-order valence-corrected chi connectivity index (χ1v) is 10.5. The van der Waals surface area contributed by atoms with Crippen molar-refractivity contribution >= 4 is 23.7 Å². The molecular weight excluding hydrogens is 394 g/mol. The molecule has 2 aliphatic rings. The number of hydrogen-bond acceptors (Lipinski definition) is 5. The highest BCUT2D eigenvalue weighted by Crippen LogP contribution is 2.28. The molecule has 2 aliphatic heterocycles. The van der Waals surface area contributed by atoms with Crippen LogP contribution in [0.4, 0.5) is 10.6 Å². The molecule has 1 atom stereocenters. The second kappa shape index (κ2) is 8.37. The zero-order valence-electron chi connectivity index (χ0n) is 17.9. The summed E-state index contributed by atoms with van der Waals surface area (Å²) >= 11 is 0. The first-order chi connectivity index (χ1) is 14.9. The number of urea groups is 1. The fraction of sp³-hybridized carbons (Fsp3) is 0.391. The number of aromatic nitrogens is 1. The van der Waals surface area contributed by atoms with E-state index in [1.54, 1.807) is 13.1 Å². The Morgan fingerprint density at radius 2 is 1.84 bits per heavy atom. The lowest BCUT2D eigenvalue weighted by Crippen LogP contribution is -2.43. The molecule has 1 aromatic carbocycles. The predicted molar refractivity (Wildman–Crippen MR) is 116 cm³/mol. The minimum absolute atomic E-state index is 0.283. The Morgan fingerprint density at radius 1 is 1.13 bits per heavy atom. The molecule has 0 spiro atoms. The van der Waals surface area contributed by atoms with Crippen LogP contribution in [0.15, 0.2) is 42.6 Å². The molecule has 8 heteroatoms. The van der Waals surface area contributed by atoms with E-state index < -0.39 is 23.4 Å². The number of benzene rings is 1. The number of pyridine rings is 1. The van der Waals surface area contributed by atoms with Crippen LogP contribution in [0, 0.1) is 6.92 Å². The first-order valence-electron chi connectivity index (χ1n) is 10.5. The molecule has 0 bridgehead atoms. The van der Waals surface area contributed by atoms with Crippen LogP contribution in [0.25, 0.3) is 0 Å². The summed E-state index contributed by atoms with van der Waals surface area (Å²) in [6.07, 6.45) is 4.12. The first kappa shape index (κ1) is 20.8. The quantitative estimate of drug-likeness (QED) is 0.697. The summed E-state index contributed by atoms with van der Waals surface area (Å²) in [4.78, 5) is 45.4. The summed E-state index contributed by atoms with van der Waals surface area (Å²) < 4.78 is 0. The van der Waals surface area contributed by atoms with E-state index in [1.807, 2.05) is 43.3 Å². The number of carbonyl (C=O) groups excluding carboxylic acids is 3. The third-order valence-electron chi connectivity index (χ3n) is 5.93. The second-order valence-electron chi connectivity index (χ2n) is 8.31. The molecule has 3 heterocycles. The van der Waals surface area contributed by atoms with Crippen molar-refractivity contribution in [3.8, 4) is 0 Å². The van der Waals surface area contributed by atoms with Gasteiger partial charge in [0.1, 0.15) is 17.9 Å². The summed E-state index contributed by atoms with van der Waals surface area (Å²) in [5.41, 5.74) is 1.42. The average Bonchev–Trinajstić information content (AvgIpc) is 3.37. The van der Waals surface area contributed by atoms with Crippen molar-refractivity contribution < 1.29 is 14.4 Å². The molecule has 0 aliphatic carbocycles. The van der Waals surface area contributed by atoms with Gasteiger partial charge in [0.15, 0.2) is 0 Å². The number of aryl methyl sites for hydroxylation is 1. The van der Waals surface area contributed by atoms with Crippen LogP contribution in [0.5, 0.6) is 0 Å². The Bertz CT molecular complexity index is 983. The van der Waals surface area contributed by atoms with Crippen LogP contribution in [0.3, 0.4) is 0 Å². The molecule has 8 nitrogen and oxygen atoms in total. The van der Waals surface area contributed by atoms with Crippen LogP contribution in [0.2, 0.25) is 0 Å². The lowest BCUT2D eigenvalue weighted by molar-refractivity contribution is -0.134. The molecule has 2 saturated heterocycles. The highest BCUT2D eigenvalue weighted by Gasteiger charge is 2.49. The number of carbonyl (C=O) groups is 3. The van der Waals surface area contributed by atoms with E-state index >= 15 is 0 Å². The van der Waals surface area contributed by atoms with Gasteiger partial charge in [0, 0.05) is 25.8 Å². The van der Waals surface area contributed by atoms with Gasteiger partial charge < -0.3 is 15.5 Å². The number of nitrogens with zero attached hydrogens (tertiary/aromatic N) is 3. The van der Waals surface area contributed by atoms with Gasteiger partial charge >= 0.3 is 6.03 Å². The van der Waals surface area contributed by atoms with Gasteiger partial charge in [-0.3, -0.25) is 14.5 Å². The summed E-state index contributed by atoms with van der Waals surface area (Å²) in [6.45, 7) is 5.61. The highest BCUT2D eigenvalue weighted by atomic mass is 16.2. The molecule has 0 radical (unpaired) electrons. The molecular formula is C23H27N5O3. The van der Waals surface area contributed by atoms with Crippen LogP contribution in [-0.4, -0.2) is 47.4 Å². The van der Waals surface area contributed by atoms with E-state index in [0.29, 0.717) is 5.56 Å². The van der Waals surface area contributed by atoms with Crippen LogP contribution in [0.1, 0.15) is 36.5 Å². The van der Waals surface area contributed by atoms with Crippen LogP contribution >= 0.6 is 0 Å². The van der Waals surface area contributed by atoms with Crippen molar-refractivity contribution in [2.45, 2.75) is 38.8 Å². The van der Waals surface area contributed by atoms with E-state index in [4.69, 9.17) is 0 Å². The minimum atomic E-state index is -1.18. The van der Waals surface area contributed by atoms with Gasteiger partial charge in [-0.1, -0.05) is 35.9 Å². The van der Waals surface area contributed by atoms with Crippen LogP contribution < -0.4 is 15.5 Å². The smallest absolute Gasteiger partial charge is 0.325 e. The number of amides is 4. The largest absolute Gasteiger partial charge is 0.357 e. The summed E-state index contributed by atoms with van der Waals surface area (Å²) in [5, 5.41) is 5.48. The van der Waals surface area contributed by atoms with E-state index in [2.05, 4.69) is 20.5 Å². The minimum Gasteiger partial charge on any atom is -0.357 e. The number of imide groups is 1. The maximum absolute atomic E-state index is 12.9. The van der Waals surface area contributed by atoms with Gasteiger partial charge in [-0.05, 0) is 43.9 Å². The third kappa shape index (κ3) is 4.23. The van der Waals surface area contributed by atoms with Crippen molar-refractivity contribution in [3.05, 3.63) is 59.3 Å². The maximum atomic E-state index is 12.9. The van der Waals surface area contributed by atoms with Crippen LogP contribution in [-0.2, 0) is 21.7 Å². The molecule has 4 rings (SSSR count). The Hall–Kier alpha value is -3.42. The second-order valence-corrected chi connectivity index (χ2v) is 8.31. The SMILES string of the molecule is Cc1ccc(C2(C)NC(=O)N(CC(=O)NCc3ccc(N4CCCC4)nc3)C2=O)cc1. The summed E-state index contributed by atoms with van der Waals surface area (Å²) in [5.74, 6) is 0.107. The standard InChI is InChI=1S/C23H27N5O3/c1-16-5-8-18(9-6-16)23(2)21(30)28(22(31)26-23)15-20(29)25-14-17-7-10-19(24-13-17)27-11-3-4-12-27/h5-10,13H,3-4,11-12,14-15H2,1-2H3,(H,25,29)(H,26,31). The van der Waals surface area contributed by atoms with Crippen molar-refractivity contribution in [1.82, 2.24) is 20.5 Å². The molecule has 2 aromatic rings. The average molecular weight is 422 g/mol. The van der Waals surface area contributed by atoms with E-state index in [1.165, 1.54) is 12.8 Å². The Balaban J connectivity index is 1.34. The predicted octanol–water partition coefficient (Wildman–Crippen LogP) is 2.07. The molecule has 1 aromatic heterocycles. The molecule has 4 amide bonds. The lowest BCUT2D eigenvalue weighted by Gasteiger charge is -2.22. The third-order valence-corrected chi connectivity index (χ3v) is 5.93. The number of nitrogens with one attached hydrogen (secondary N) is 2. The highest BCUT2D eigenvalue weighted by molar-refractivity contribution is 6.09.